The summed E-state index contributed by atoms with van der Waals surface area (Å²) in [6.45, 7) is 3.61. The molecule has 1 N–H and O–H groups in total. The fourth-order valence-corrected chi connectivity index (χ4v) is 3.61. The van der Waals surface area contributed by atoms with E-state index in [1.54, 1.807) is 17.5 Å². The maximum absolute atomic E-state index is 6.01. The van der Waals surface area contributed by atoms with Gasteiger partial charge in [0.1, 0.15) is 6.61 Å². The van der Waals surface area contributed by atoms with Gasteiger partial charge in [-0.25, -0.2) is 4.98 Å². The topological polar surface area (TPSA) is 43.4 Å². The molecule has 3 rings (SSSR count). The van der Waals surface area contributed by atoms with Gasteiger partial charge in [-0.3, -0.25) is 0 Å². The molecule has 0 bridgehead atoms. The largest absolute Gasteiger partial charge is 0.490 e. The zero-order valence-electron chi connectivity index (χ0n) is 14.2. The lowest BCUT2D eigenvalue weighted by Crippen LogP contribution is -2.04. The van der Waals surface area contributed by atoms with Gasteiger partial charge in [-0.15, -0.1) is 11.3 Å². The number of hydrogen-bond acceptors (Lipinski definition) is 5. The number of aromatic nitrogens is 1. The fraction of sp³-hybridized carbons (Fsp3) is 0.211. The van der Waals surface area contributed by atoms with E-state index in [9.17, 15) is 0 Å². The van der Waals surface area contributed by atoms with Gasteiger partial charge in [0.2, 0.25) is 0 Å². The monoisotopic (exact) mass is 452 g/mol. The quantitative estimate of drug-likeness (QED) is 0.444. The molecule has 0 radical (unpaired) electrons. The first-order valence-corrected chi connectivity index (χ1v) is 10.2. The van der Waals surface area contributed by atoms with Crippen LogP contribution in [0, 0.1) is 0 Å². The van der Waals surface area contributed by atoms with Gasteiger partial charge in [-0.2, -0.15) is 0 Å². The van der Waals surface area contributed by atoms with Crippen molar-refractivity contribution in [3.05, 3.63) is 68.6 Å². The van der Waals surface area contributed by atoms with Gasteiger partial charge < -0.3 is 14.8 Å². The minimum absolute atomic E-state index is 0.437. The Balaban J connectivity index is 1.74. The van der Waals surface area contributed by atoms with Crippen LogP contribution in [0.1, 0.15) is 18.1 Å². The van der Waals surface area contributed by atoms with Crippen molar-refractivity contribution in [1.29, 1.82) is 0 Å². The Morgan fingerprint density at radius 2 is 1.96 bits per heavy atom. The van der Waals surface area contributed by atoms with Crippen LogP contribution in [-0.2, 0) is 13.2 Å². The van der Waals surface area contributed by atoms with Gasteiger partial charge in [0, 0.05) is 23.1 Å². The number of anilines is 1. The molecule has 136 valence electrons. The molecule has 0 aliphatic carbocycles. The van der Waals surface area contributed by atoms with Crippen molar-refractivity contribution >= 4 is 44.0 Å². The summed E-state index contributed by atoms with van der Waals surface area (Å²) in [7, 11) is 0. The maximum atomic E-state index is 6.01. The summed E-state index contributed by atoms with van der Waals surface area (Å²) in [4.78, 5) is 4.23. The number of benzene rings is 2. The highest BCUT2D eigenvalue weighted by molar-refractivity contribution is 9.10. The molecule has 0 saturated carbocycles. The maximum Gasteiger partial charge on any atom is 0.182 e. The minimum atomic E-state index is 0.437. The van der Waals surface area contributed by atoms with Crippen molar-refractivity contribution in [2.24, 2.45) is 0 Å². The van der Waals surface area contributed by atoms with Gasteiger partial charge in [0.05, 0.1) is 11.1 Å². The Morgan fingerprint density at radius 1 is 1.15 bits per heavy atom. The number of thiazole rings is 1. The van der Waals surface area contributed by atoms with Gasteiger partial charge in [0.25, 0.3) is 0 Å². The first kappa shape index (κ1) is 19.0. The molecule has 0 aliphatic heterocycles. The van der Waals surface area contributed by atoms with E-state index in [1.165, 1.54) is 0 Å². The summed E-state index contributed by atoms with van der Waals surface area (Å²) in [5.41, 5.74) is 2.12. The van der Waals surface area contributed by atoms with Crippen molar-refractivity contribution < 1.29 is 9.47 Å². The first-order valence-electron chi connectivity index (χ1n) is 8.11. The molecule has 3 aromatic rings. The number of nitrogens with zero attached hydrogens (tertiary/aromatic N) is 1. The van der Waals surface area contributed by atoms with Crippen LogP contribution in [-0.4, -0.2) is 11.6 Å². The normalized spacial score (nSPS) is 10.6. The fourth-order valence-electron chi connectivity index (χ4n) is 2.35. The Morgan fingerprint density at radius 3 is 2.65 bits per heavy atom. The van der Waals surface area contributed by atoms with Gasteiger partial charge in [0.15, 0.2) is 16.6 Å². The van der Waals surface area contributed by atoms with Crippen LogP contribution in [0.4, 0.5) is 5.13 Å². The van der Waals surface area contributed by atoms with E-state index >= 15 is 0 Å². The molecular formula is C19H18BrClN2O2S. The molecule has 0 spiro atoms. The second-order valence-corrected chi connectivity index (χ2v) is 7.63. The molecule has 7 heteroatoms. The second kappa shape index (κ2) is 9.26. The van der Waals surface area contributed by atoms with Crippen LogP contribution < -0.4 is 14.8 Å². The van der Waals surface area contributed by atoms with E-state index in [4.69, 9.17) is 21.1 Å². The summed E-state index contributed by atoms with van der Waals surface area (Å²) < 4.78 is 12.6. The molecule has 4 nitrogen and oxygen atoms in total. The van der Waals surface area contributed by atoms with Crippen LogP contribution >= 0.6 is 38.9 Å². The number of ether oxygens (including phenoxy) is 2. The van der Waals surface area contributed by atoms with Crippen molar-refractivity contribution in [2.75, 3.05) is 11.9 Å². The van der Waals surface area contributed by atoms with Crippen molar-refractivity contribution in [3.8, 4) is 11.5 Å². The van der Waals surface area contributed by atoms with E-state index in [1.807, 2.05) is 48.7 Å². The molecule has 1 heterocycles. The van der Waals surface area contributed by atoms with Crippen LogP contribution in [0.5, 0.6) is 11.5 Å². The number of nitrogens with one attached hydrogen (secondary N) is 1. The molecule has 0 aliphatic rings. The highest BCUT2D eigenvalue weighted by Crippen LogP contribution is 2.37. The average Bonchev–Trinajstić information content (AvgIpc) is 3.14. The SMILES string of the molecule is CCOc1cc(CNc2nccs2)cc(Br)c1OCc1ccc(Cl)cc1. The summed E-state index contributed by atoms with van der Waals surface area (Å²) in [5.74, 6) is 1.41. The Kier molecular flexibility index (Phi) is 6.77. The van der Waals surface area contributed by atoms with Gasteiger partial charge >= 0.3 is 0 Å². The van der Waals surface area contributed by atoms with Crippen LogP contribution in [0.25, 0.3) is 0 Å². The number of halogens is 2. The lowest BCUT2D eigenvalue weighted by Gasteiger charge is -2.16. The van der Waals surface area contributed by atoms with Crippen molar-refractivity contribution in [3.63, 3.8) is 0 Å². The van der Waals surface area contributed by atoms with Crippen LogP contribution in [0.3, 0.4) is 0 Å². The first-order chi connectivity index (χ1) is 12.7. The third kappa shape index (κ3) is 5.13. The van der Waals surface area contributed by atoms with E-state index in [0.29, 0.717) is 36.3 Å². The average molecular weight is 454 g/mol. The highest BCUT2D eigenvalue weighted by Gasteiger charge is 2.13. The lowest BCUT2D eigenvalue weighted by molar-refractivity contribution is 0.267. The third-order valence-electron chi connectivity index (χ3n) is 3.54. The molecule has 26 heavy (non-hydrogen) atoms. The zero-order valence-corrected chi connectivity index (χ0v) is 17.3. The van der Waals surface area contributed by atoms with E-state index in [-0.39, 0.29) is 0 Å². The summed E-state index contributed by atoms with van der Waals surface area (Å²) in [6.07, 6.45) is 1.78. The summed E-state index contributed by atoms with van der Waals surface area (Å²) >= 11 is 11.1. The molecule has 2 aromatic carbocycles. The summed E-state index contributed by atoms with van der Waals surface area (Å²) in [6, 6.07) is 11.6. The van der Waals surface area contributed by atoms with Gasteiger partial charge in [-0.05, 0) is 58.2 Å². The Bertz CT molecular complexity index is 842. The highest BCUT2D eigenvalue weighted by atomic mass is 79.9. The predicted molar refractivity (Wildman–Crippen MR) is 111 cm³/mol. The molecule has 0 atom stereocenters. The van der Waals surface area contributed by atoms with Crippen molar-refractivity contribution in [1.82, 2.24) is 4.98 Å². The van der Waals surface area contributed by atoms with E-state index in [2.05, 4.69) is 26.2 Å². The molecule has 0 fully saturated rings. The van der Waals surface area contributed by atoms with Crippen LogP contribution in [0.2, 0.25) is 5.02 Å². The molecule has 0 unspecified atom stereocenters. The smallest absolute Gasteiger partial charge is 0.182 e. The zero-order chi connectivity index (χ0) is 18.4. The molecular weight excluding hydrogens is 436 g/mol. The van der Waals surface area contributed by atoms with Crippen molar-refractivity contribution in [2.45, 2.75) is 20.1 Å². The number of rotatable bonds is 8. The standard InChI is InChI=1S/C19H18BrClN2O2S/c1-2-24-17-10-14(11-23-19-22-7-8-26-19)9-16(20)18(17)25-12-13-3-5-15(21)6-4-13/h3-10H,2,11-12H2,1H3,(H,22,23). The Hall–Kier alpha value is -1.76. The van der Waals surface area contributed by atoms with E-state index in [0.717, 1.165) is 20.7 Å². The van der Waals surface area contributed by atoms with E-state index < -0.39 is 0 Å². The summed E-state index contributed by atoms with van der Waals surface area (Å²) in [5, 5.41) is 6.84. The Labute approximate surface area is 170 Å². The lowest BCUT2D eigenvalue weighted by atomic mass is 10.2. The second-order valence-electron chi connectivity index (χ2n) is 5.44. The molecule has 1 aromatic heterocycles. The van der Waals surface area contributed by atoms with Crippen LogP contribution in [0.15, 0.2) is 52.4 Å². The third-order valence-corrected chi connectivity index (χ3v) is 5.11. The molecule has 0 amide bonds. The number of hydrogen-bond donors (Lipinski definition) is 1. The molecule has 0 saturated heterocycles. The predicted octanol–water partition coefficient (Wildman–Crippen LogP) is 6.15. The van der Waals surface area contributed by atoms with Gasteiger partial charge in [-0.1, -0.05) is 23.7 Å². The minimum Gasteiger partial charge on any atom is -0.490 e.